The van der Waals surface area contributed by atoms with Crippen LogP contribution in [0.3, 0.4) is 0 Å². The fourth-order valence-electron chi connectivity index (χ4n) is 1.27. The Morgan fingerprint density at radius 2 is 2.23 bits per heavy atom. The maximum absolute atomic E-state index is 12.7. The van der Waals surface area contributed by atoms with Crippen LogP contribution in [-0.4, -0.2) is 5.91 Å². The van der Waals surface area contributed by atoms with Crippen LogP contribution < -0.4 is 5.73 Å². The van der Waals surface area contributed by atoms with Gasteiger partial charge in [-0.25, -0.2) is 4.39 Å². The van der Waals surface area contributed by atoms with Crippen molar-refractivity contribution in [2.45, 2.75) is 19.8 Å². The van der Waals surface area contributed by atoms with Gasteiger partial charge in [-0.05, 0) is 24.1 Å². The molecular weight excluding hydrogens is 169 g/mol. The number of hydrogen-bond donors (Lipinski definition) is 1. The van der Waals surface area contributed by atoms with Crippen molar-refractivity contribution >= 4 is 5.91 Å². The number of amides is 1. The lowest BCUT2D eigenvalue weighted by Gasteiger charge is -2.04. The van der Waals surface area contributed by atoms with Gasteiger partial charge >= 0.3 is 0 Å². The van der Waals surface area contributed by atoms with Gasteiger partial charge in [0.15, 0.2) is 0 Å². The molecule has 3 heteroatoms. The number of hydrogen-bond acceptors (Lipinski definition) is 1. The molecule has 13 heavy (non-hydrogen) atoms. The maximum Gasteiger partial charge on any atom is 0.249 e. The average Bonchev–Trinajstić information content (AvgIpc) is 2.08. The number of rotatable bonds is 3. The molecule has 1 amide bonds. The summed E-state index contributed by atoms with van der Waals surface area (Å²) in [6.07, 6.45) is 1.66. The third kappa shape index (κ3) is 2.28. The van der Waals surface area contributed by atoms with E-state index >= 15 is 0 Å². The second-order valence-corrected chi connectivity index (χ2v) is 2.92. The van der Waals surface area contributed by atoms with E-state index in [4.69, 9.17) is 5.73 Å². The van der Waals surface area contributed by atoms with Gasteiger partial charge in [0.25, 0.3) is 0 Å². The first-order valence-electron chi connectivity index (χ1n) is 4.23. The van der Waals surface area contributed by atoms with Crippen LogP contribution in [0.1, 0.15) is 29.3 Å². The summed E-state index contributed by atoms with van der Waals surface area (Å²) in [5.74, 6) is -0.989. The van der Waals surface area contributed by atoms with Gasteiger partial charge < -0.3 is 5.73 Å². The summed E-state index contributed by atoms with van der Waals surface area (Å²) in [4.78, 5) is 10.9. The summed E-state index contributed by atoms with van der Waals surface area (Å²) in [6, 6.07) is 4.14. The van der Waals surface area contributed by atoms with Crippen molar-refractivity contribution in [1.82, 2.24) is 0 Å². The largest absolute Gasteiger partial charge is 0.366 e. The third-order valence-corrected chi connectivity index (χ3v) is 1.86. The Hall–Kier alpha value is -1.38. The predicted molar refractivity (Wildman–Crippen MR) is 48.9 cm³/mol. The Labute approximate surface area is 76.6 Å². The standard InChI is InChI=1S/C10H12FNO/c1-2-3-7-4-5-8(11)6-9(7)10(12)13/h4-6H,2-3H2,1H3,(H2,12,13). The smallest absolute Gasteiger partial charge is 0.249 e. The van der Waals surface area contributed by atoms with E-state index in [9.17, 15) is 9.18 Å². The first kappa shape index (κ1) is 9.71. The van der Waals surface area contributed by atoms with Gasteiger partial charge in [0.05, 0.1) is 0 Å². The zero-order valence-corrected chi connectivity index (χ0v) is 7.51. The number of halogens is 1. The Morgan fingerprint density at radius 3 is 2.77 bits per heavy atom. The Kier molecular flexibility index (Phi) is 3.01. The SMILES string of the molecule is CCCc1ccc(F)cc1C(N)=O. The van der Waals surface area contributed by atoms with Crippen molar-refractivity contribution in [1.29, 1.82) is 0 Å². The summed E-state index contributed by atoms with van der Waals surface area (Å²) in [6.45, 7) is 1.99. The van der Waals surface area contributed by atoms with E-state index in [1.54, 1.807) is 6.07 Å². The van der Waals surface area contributed by atoms with Crippen LogP contribution in [0.25, 0.3) is 0 Å². The quantitative estimate of drug-likeness (QED) is 0.760. The molecule has 0 aliphatic carbocycles. The number of carbonyl (C=O) groups excluding carboxylic acids is 1. The first-order valence-corrected chi connectivity index (χ1v) is 4.23. The van der Waals surface area contributed by atoms with Crippen LogP contribution in [-0.2, 0) is 6.42 Å². The van der Waals surface area contributed by atoms with Crippen molar-refractivity contribution in [2.24, 2.45) is 5.73 Å². The molecule has 70 valence electrons. The second kappa shape index (κ2) is 4.03. The van der Waals surface area contributed by atoms with Gasteiger partial charge in [0, 0.05) is 5.56 Å². The molecule has 1 aromatic carbocycles. The molecule has 2 N–H and O–H groups in total. The zero-order valence-electron chi connectivity index (χ0n) is 7.51. The Balaban J connectivity index is 3.10. The minimum atomic E-state index is -0.567. The van der Waals surface area contributed by atoms with Crippen LogP contribution in [0.4, 0.5) is 4.39 Å². The van der Waals surface area contributed by atoms with Gasteiger partial charge in [0.2, 0.25) is 5.91 Å². The monoisotopic (exact) mass is 181 g/mol. The molecule has 0 saturated heterocycles. The van der Waals surface area contributed by atoms with Gasteiger partial charge in [-0.3, -0.25) is 4.79 Å². The summed E-state index contributed by atoms with van der Waals surface area (Å²) in [5, 5.41) is 0. The predicted octanol–water partition coefficient (Wildman–Crippen LogP) is 1.88. The fraction of sp³-hybridized carbons (Fsp3) is 0.300. The van der Waals surface area contributed by atoms with E-state index in [1.165, 1.54) is 12.1 Å². The van der Waals surface area contributed by atoms with E-state index < -0.39 is 11.7 Å². The van der Waals surface area contributed by atoms with Gasteiger partial charge in [-0.1, -0.05) is 19.4 Å². The van der Waals surface area contributed by atoms with E-state index in [1.807, 2.05) is 6.92 Å². The molecule has 1 rings (SSSR count). The summed E-state index contributed by atoms with van der Waals surface area (Å²) in [7, 11) is 0. The normalized spacial score (nSPS) is 10.0. The van der Waals surface area contributed by atoms with Crippen LogP contribution in [0, 0.1) is 5.82 Å². The molecule has 0 radical (unpaired) electrons. The molecule has 0 aliphatic rings. The van der Waals surface area contributed by atoms with Crippen molar-refractivity contribution < 1.29 is 9.18 Å². The van der Waals surface area contributed by atoms with Gasteiger partial charge in [-0.2, -0.15) is 0 Å². The van der Waals surface area contributed by atoms with E-state index in [0.29, 0.717) is 5.56 Å². The highest BCUT2D eigenvalue weighted by Crippen LogP contribution is 2.12. The molecule has 0 bridgehead atoms. The minimum Gasteiger partial charge on any atom is -0.366 e. The number of primary amides is 1. The topological polar surface area (TPSA) is 43.1 Å². The van der Waals surface area contributed by atoms with Gasteiger partial charge in [0.1, 0.15) is 5.82 Å². The van der Waals surface area contributed by atoms with Crippen molar-refractivity contribution in [3.05, 3.63) is 35.1 Å². The number of nitrogens with two attached hydrogens (primary N) is 1. The second-order valence-electron chi connectivity index (χ2n) is 2.92. The van der Waals surface area contributed by atoms with Gasteiger partial charge in [-0.15, -0.1) is 0 Å². The van der Waals surface area contributed by atoms with Crippen molar-refractivity contribution in [3.8, 4) is 0 Å². The molecule has 0 aliphatic heterocycles. The van der Waals surface area contributed by atoms with Crippen molar-refractivity contribution in [2.75, 3.05) is 0 Å². The highest BCUT2D eigenvalue weighted by molar-refractivity contribution is 5.94. The Bertz CT molecular complexity index is 323. The molecule has 0 spiro atoms. The lowest BCUT2D eigenvalue weighted by atomic mass is 10.0. The molecule has 1 aromatic rings. The lowest BCUT2D eigenvalue weighted by Crippen LogP contribution is -2.14. The zero-order chi connectivity index (χ0) is 9.84. The molecule has 2 nitrogen and oxygen atoms in total. The molecule has 0 aromatic heterocycles. The van der Waals surface area contributed by atoms with Crippen LogP contribution in [0.15, 0.2) is 18.2 Å². The Morgan fingerprint density at radius 1 is 1.54 bits per heavy atom. The molecule has 0 fully saturated rings. The van der Waals surface area contributed by atoms with Crippen molar-refractivity contribution in [3.63, 3.8) is 0 Å². The van der Waals surface area contributed by atoms with Crippen LogP contribution in [0.2, 0.25) is 0 Å². The summed E-state index contributed by atoms with van der Waals surface area (Å²) < 4.78 is 12.7. The highest BCUT2D eigenvalue weighted by atomic mass is 19.1. The molecule has 0 heterocycles. The van der Waals surface area contributed by atoms with Crippen LogP contribution >= 0.6 is 0 Å². The van der Waals surface area contributed by atoms with E-state index in [0.717, 1.165) is 18.4 Å². The summed E-state index contributed by atoms with van der Waals surface area (Å²) >= 11 is 0. The van der Waals surface area contributed by atoms with E-state index in [2.05, 4.69) is 0 Å². The molecule has 0 atom stereocenters. The molecule has 0 saturated carbocycles. The number of benzene rings is 1. The minimum absolute atomic E-state index is 0.293. The highest BCUT2D eigenvalue weighted by Gasteiger charge is 2.07. The third-order valence-electron chi connectivity index (χ3n) is 1.86. The molecular formula is C10H12FNO. The van der Waals surface area contributed by atoms with E-state index in [-0.39, 0.29) is 0 Å². The maximum atomic E-state index is 12.7. The fourth-order valence-corrected chi connectivity index (χ4v) is 1.27. The number of carbonyl (C=O) groups is 1. The number of aryl methyl sites for hydroxylation is 1. The summed E-state index contributed by atoms with van der Waals surface area (Å²) in [5.41, 5.74) is 6.22. The first-order chi connectivity index (χ1) is 6.15. The lowest BCUT2D eigenvalue weighted by molar-refractivity contribution is 0.0999. The average molecular weight is 181 g/mol. The molecule has 0 unspecified atom stereocenters. The van der Waals surface area contributed by atoms with Crippen LogP contribution in [0.5, 0.6) is 0 Å².